The van der Waals surface area contributed by atoms with Crippen molar-refractivity contribution in [2.45, 2.75) is 10.9 Å². The van der Waals surface area contributed by atoms with Crippen LogP contribution in [-0.4, -0.2) is 46.4 Å². The number of benzene rings is 2. The SMILES string of the molecule is C#CCNS(=O)(=O)c1ccc(C(=O)NCC(c2c(F)cccc2F)N(C)C)cc1. The average Bonchev–Trinajstić information content (AvgIpc) is 2.68. The Kier molecular flexibility index (Phi) is 7.45. The molecule has 9 heteroatoms. The summed E-state index contributed by atoms with van der Waals surface area (Å²) in [5.74, 6) is 0.260. The van der Waals surface area contributed by atoms with E-state index in [1.165, 1.54) is 30.3 Å². The first-order chi connectivity index (χ1) is 13.7. The molecule has 0 aliphatic heterocycles. The number of likely N-dealkylation sites (N-methyl/N-ethyl adjacent to an activating group) is 1. The van der Waals surface area contributed by atoms with Crippen LogP contribution in [0, 0.1) is 24.0 Å². The second kappa shape index (κ2) is 9.60. The lowest BCUT2D eigenvalue weighted by Gasteiger charge is -2.25. The van der Waals surface area contributed by atoms with Gasteiger partial charge in [-0.1, -0.05) is 12.0 Å². The molecule has 0 spiro atoms. The molecule has 1 atom stereocenters. The topological polar surface area (TPSA) is 78.5 Å². The fourth-order valence-electron chi connectivity index (χ4n) is 2.67. The summed E-state index contributed by atoms with van der Waals surface area (Å²) in [5, 5.41) is 2.62. The molecule has 1 unspecified atom stereocenters. The highest BCUT2D eigenvalue weighted by Crippen LogP contribution is 2.24. The molecule has 0 bridgehead atoms. The molecule has 0 saturated heterocycles. The normalized spacial score (nSPS) is 12.4. The van der Waals surface area contributed by atoms with Crippen LogP contribution in [-0.2, 0) is 10.0 Å². The maximum atomic E-state index is 14.1. The Bertz CT molecular complexity index is 996. The lowest BCUT2D eigenvalue weighted by molar-refractivity contribution is 0.0940. The number of hydrogen-bond donors (Lipinski definition) is 2. The van der Waals surface area contributed by atoms with Crippen molar-refractivity contribution in [3.63, 3.8) is 0 Å². The largest absolute Gasteiger partial charge is 0.350 e. The van der Waals surface area contributed by atoms with Crippen molar-refractivity contribution in [3.05, 3.63) is 65.2 Å². The number of nitrogens with zero attached hydrogens (tertiary/aromatic N) is 1. The highest BCUT2D eigenvalue weighted by atomic mass is 32.2. The van der Waals surface area contributed by atoms with Gasteiger partial charge in [-0.15, -0.1) is 6.42 Å². The van der Waals surface area contributed by atoms with E-state index < -0.39 is 33.6 Å². The smallest absolute Gasteiger partial charge is 0.251 e. The Balaban J connectivity index is 2.12. The molecule has 1 amide bonds. The summed E-state index contributed by atoms with van der Waals surface area (Å²) in [6.07, 6.45) is 5.04. The average molecular weight is 421 g/mol. The Morgan fingerprint density at radius 1 is 1.14 bits per heavy atom. The summed E-state index contributed by atoms with van der Waals surface area (Å²) in [6, 6.07) is 8.08. The van der Waals surface area contributed by atoms with Crippen LogP contribution in [0.5, 0.6) is 0 Å². The van der Waals surface area contributed by atoms with Gasteiger partial charge in [0.25, 0.3) is 5.91 Å². The Morgan fingerprint density at radius 3 is 2.24 bits per heavy atom. The van der Waals surface area contributed by atoms with Crippen molar-refractivity contribution in [1.82, 2.24) is 14.9 Å². The third-order valence-electron chi connectivity index (χ3n) is 4.20. The maximum Gasteiger partial charge on any atom is 0.251 e. The third-order valence-corrected chi connectivity index (χ3v) is 5.62. The summed E-state index contributed by atoms with van der Waals surface area (Å²) >= 11 is 0. The summed E-state index contributed by atoms with van der Waals surface area (Å²) in [6.45, 7) is -0.198. The predicted molar refractivity (Wildman–Crippen MR) is 106 cm³/mol. The van der Waals surface area contributed by atoms with E-state index in [-0.39, 0.29) is 29.1 Å². The molecule has 154 valence electrons. The molecule has 2 N–H and O–H groups in total. The van der Waals surface area contributed by atoms with Crippen LogP contribution < -0.4 is 10.0 Å². The molecule has 0 aliphatic rings. The van der Waals surface area contributed by atoms with Crippen molar-refractivity contribution < 1.29 is 22.0 Å². The van der Waals surface area contributed by atoms with Crippen molar-refractivity contribution in [2.24, 2.45) is 0 Å². The molecule has 0 saturated carbocycles. The molecule has 0 radical (unpaired) electrons. The van der Waals surface area contributed by atoms with Crippen LogP contribution in [0.25, 0.3) is 0 Å². The summed E-state index contributed by atoms with van der Waals surface area (Å²) in [4.78, 5) is 14.0. The number of carbonyl (C=O) groups excluding carboxylic acids is 1. The van der Waals surface area contributed by atoms with E-state index in [2.05, 4.69) is 16.0 Å². The summed E-state index contributed by atoms with van der Waals surface area (Å²) < 4.78 is 54.4. The van der Waals surface area contributed by atoms with Crippen LogP contribution in [0.2, 0.25) is 0 Å². The van der Waals surface area contributed by atoms with Gasteiger partial charge in [0.15, 0.2) is 0 Å². The monoisotopic (exact) mass is 421 g/mol. The van der Waals surface area contributed by atoms with Crippen molar-refractivity contribution in [2.75, 3.05) is 27.2 Å². The first kappa shape index (κ1) is 22.5. The number of halogens is 2. The van der Waals surface area contributed by atoms with Gasteiger partial charge in [-0.05, 0) is 50.5 Å². The molecule has 0 fully saturated rings. The zero-order chi connectivity index (χ0) is 21.6. The Hall–Kier alpha value is -2.80. The molecular formula is C20H21F2N3O3S. The first-order valence-electron chi connectivity index (χ1n) is 8.59. The van der Waals surface area contributed by atoms with Crippen LogP contribution >= 0.6 is 0 Å². The summed E-state index contributed by atoms with van der Waals surface area (Å²) in [5.41, 5.74) is 0.0613. The fourth-order valence-corrected chi connectivity index (χ4v) is 3.60. The van der Waals surface area contributed by atoms with Gasteiger partial charge in [0.2, 0.25) is 10.0 Å². The highest BCUT2D eigenvalue weighted by Gasteiger charge is 2.23. The number of rotatable bonds is 8. The lowest BCUT2D eigenvalue weighted by Crippen LogP contribution is -2.35. The molecular weight excluding hydrogens is 400 g/mol. The van der Waals surface area contributed by atoms with Gasteiger partial charge in [0.1, 0.15) is 11.6 Å². The molecule has 0 heterocycles. The van der Waals surface area contributed by atoms with Gasteiger partial charge in [-0.25, -0.2) is 17.2 Å². The van der Waals surface area contributed by atoms with Crippen molar-refractivity contribution >= 4 is 15.9 Å². The van der Waals surface area contributed by atoms with E-state index in [1.54, 1.807) is 19.0 Å². The number of nitrogens with one attached hydrogen (secondary N) is 2. The number of carbonyl (C=O) groups is 1. The second-order valence-electron chi connectivity index (χ2n) is 6.38. The fraction of sp³-hybridized carbons (Fsp3) is 0.250. The van der Waals surface area contributed by atoms with Gasteiger partial charge in [0, 0.05) is 17.7 Å². The molecule has 2 aromatic rings. The van der Waals surface area contributed by atoms with Gasteiger partial charge in [-0.3, -0.25) is 4.79 Å². The van der Waals surface area contributed by atoms with E-state index in [9.17, 15) is 22.0 Å². The first-order valence-corrected chi connectivity index (χ1v) is 10.1. The quantitative estimate of drug-likeness (QED) is 0.639. The van der Waals surface area contributed by atoms with Crippen LogP contribution in [0.1, 0.15) is 22.0 Å². The maximum absolute atomic E-state index is 14.1. The van der Waals surface area contributed by atoms with Gasteiger partial charge >= 0.3 is 0 Å². The van der Waals surface area contributed by atoms with Gasteiger partial charge in [-0.2, -0.15) is 4.72 Å². The second-order valence-corrected chi connectivity index (χ2v) is 8.14. The minimum atomic E-state index is -3.76. The summed E-state index contributed by atoms with van der Waals surface area (Å²) in [7, 11) is -0.473. The molecule has 2 rings (SSSR count). The standard InChI is InChI=1S/C20H21F2N3O3S/c1-4-12-24-29(27,28)15-10-8-14(9-11-15)20(26)23-13-18(25(2)3)19-16(21)6-5-7-17(19)22/h1,5-11,18,24H,12-13H2,2-3H3,(H,23,26). The molecule has 0 aromatic heterocycles. The molecule has 2 aromatic carbocycles. The number of terminal acetylenes is 1. The Labute approximate surface area is 169 Å². The van der Waals surface area contributed by atoms with E-state index in [4.69, 9.17) is 6.42 Å². The minimum Gasteiger partial charge on any atom is -0.350 e. The van der Waals surface area contributed by atoms with Gasteiger partial charge < -0.3 is 10.2 Å². The van der Waals surface area contributed by atoms with Gasteiger partial charge in [0.05, 0.1) is 17.5 Å². The number of amides is 1. The van der Waals surface area contributed by atoms with Crippen molar-refractivity contribution in [1.29, 1.82) is 0 Å². The Morgan fingerprint density at radius 2 is 1.72 bits per heavy atom. The predicted octanol–water partition coefficient (Wildman–Crippen LogP) is 1.91. The number of hydrogen-bond acceptors (Lipinski definition) is 4. The lowest BCUT2D eigenvalue weighted by atomic mass is 10.0. The minimum absolute atomic E-state index is 0.0381. The zero-order valence-corrected chi connectivity index (χ0v) is 16.8. The number of sulfonamides is 1. The highest BCUT2D eigenvalue weighted by molar-refractivity contribution is 7.89. The van der Waals surface area contributed by atoms with E-state index in [0.29, 0.717) is 0 Å². The van der Waals surface area contributed by atoms with E-state index in [1.807, 2.05) is 0 Å². The third kappa shape index (κ3) is 5.60. The molecule has 0 aliphatic carbocycles. The van der Waals surface area contributed by atoms with E-state index in [0.717, 1.165) is 12.1 Å². The molecule has 6 nitrogen and oxygen atoms in total. The molecule has 29 heavy (non-hydrogen) atoms. The van der Waals surface area contributed by atoms with Crippen LogP contribution in [0.3, 0.4) is 0 Å². The van der Waals surface area contributed by atoms with Crippen LogP contribution in [0.4, 0.5) is 8.78 Å². The van der Waals surface area contributed by atoms with Crippen molar-refractivity contribution in [3.8, 4) is 12.3 Å². The van der Waals surface area contributed by atoms with Crippen LogP contribution in [0.15, 0.2) is 47.4 Å². The van der Waals surface area contributed by atoms with E-state index >= 15 is 0 Å². The zero-order valence-electron chi connectivity index (χ0n) is 15.9.